The summed E-state index contributed by atoms with van der Waals surface area (Å²) in [7, 11) is 0. The van der Waals surface area contributed by atoms with Crippen LogP contribution >= 0.6 is 0 Å². The molecular formula is C30H39N3O6. The molecule has 1 unspecified atom stereocenters. The number of carbonyl (C=O) groups excluding carboxylic acids is 4. The van der Waals surface area contributed by atoms with E-state index in [0.29, 0.717) is 31.7 Å². The zero-order chi connectivity index (χ0) is 28.3. The number of nitrogens with one attached hydrogen (secondary N) is 2. The second-order valence-corrected chi connectivity index (χ2v) is 10.6. The normalized spacial score (nSPS) is 15.6. The summed E-state index contributed by atoms with van der Waals surface area (Å²) in [5.74, 6) is -0.415. The SMILES string of the molecule is CC(C)(C)OC(=O)NCCCCCNC(=O)COc1ccc(C2CCC(=O)N(Cc3ccccc3)C2=O)cc1. The predicted molar refractivity (Wildman–Crippen MR) is 147 cm³/mol. The van der Waals surface area contributed by atoms with Crippen LogP contribution in [0, 0.1) is 0 Å². The first-order chi connectivity index (χ1) is 18.6. The monoisotopic (exact) mass is 537 g/mol. The third-order valence-electron chi connectivity index (χ3n) is 6.19. The fourth-order valence-electron chi connectivity index (χ4n) is 4.23. The van der Waals surface area contributed by atoms with Crippen LogP contribution in [0.25, 0.3) is 0 Å². The highest BCUT2D eigenvalue weighted by atomic mass is 16.6. The molecule has 1 atom stereocenters. The molecule has 0 bridgehead atoms. The molecule has 39 heavy (non-hydrogen) atoms. The maximum absolute atomic E-state index is 13.1. The van der Waals surface area contributed by atoms with Gasteiger partial charge in [0, 0.05) is 19.5 Å². The number of hydrogen-bond donors (Lipinski definition) is 2. The first-order valence-corrected chi connectivity index (χ1v) is 13.5. The summed E-state index contributed by atoms with van der Waals surface area (Å²) in [5, 5.41) is 5.54. The quantitative estimate of drug-likeness (QED) is 0.308. The van der Waals surface area contributed by atoms with E-state index >= 15 is 0 Å². The number of imide groups is 1. The number of likely N-dealkylation sites (tertiary alicyclic amines) is 1. The van der Waals surface area contributed by atoms with Crippen LogP contribution in [0.1, 0.15) is 69.9 Å². The van der Waals surface area contributed by atoms with Crippen LogP contribution in [0.2, 0.25) is 0 Å². The number of hydrogen-bond acceptors (Lipinski definition) is 6. The average Bonchev–Trinajstić information content (AvgIpc) is 2.89. The smallest absolute Gasteiger partial charge is 0.407 e. The third-order valence-corrected chi connectivity index (χ3v) is 6.19. The summed E-state index contributed by atoms with van der Waals surface area (Å²) in [6.07, 6.45) is 2.80. The molecule has 1 heterocycles. The predicted octanol–water partition coefficient (Wildman–Crippen LogP) is 4.31. The highest BCUT2D eigenvalue weighted by Gasteiger charge is 2.35. The zero-order valence-corrected chi connectivity index (χ0v) is 23.0. The summed E-state index contributed by atoms with van der Waals surface area (Å²) >= 11 is 0. The number of benzene rings is 2. The van der Waals surface area contributed by atoms with Crippen molar-refractivity contribution in [3.05, 3.63) is 65.7 Å². The van der Waals surface area contributed by atoms with E-state index in [9.17, 15) is 19.2 Å². The number of ether oxygens (including phenoxy) is 2. The van der Waals surface area contributed by atoms with Gasteiger partial charge in [-0.2, -0.15) is 0 Å². The van der Waals surface area contributed by atoms with Gasteiger partial charge < -0.3 is 20.1 Å². The Balaban J connectivity index is 1.35. The van der Waals surface area contributed by atoms with Gasteiger partial charge in [-0.3, -0.25) is 19.3 Å². The number of rotatable bonds is 12. The first kappa shape index (κ1) is 29.7. The van der Waals surface area contributed by atoms with Crippen molar-refractivity contribution in [2.45, 2.75) is 70.9 Å². The molecule has 0 aromatic heterocycles. The molecular weight excluding hydrogens is 498 g/mol. The van der Waals surface area contributed by atoms with Crippen LogP contribution in [0.5, 0.6) is 5.75 Å². The topological polar surface area (TPSA) is 114 Å². The molecule has 1 aliphatic heterocycles. The lowest BCUT2D eigenvalue weighted by atomic mass is 9.89. The molecule has 1 aliphatic rings. The van der Waals surface area contributed by atoms with Crippen LogP contribution in [0.15, 0.2) is 54.6 Å². The minimum Gasteiger partial charge on any atom is -0.484 e. The van der Waals surface area contributed by atoms with E-state index in [1.165, 1.54) is 4.90 Å². The average molecular weight is 538 g/mol. The van der Waals surface area contributed by atoms with Crippen LogP contribution < -0.4 is 15.4 Å². The Kier molecular flexibility index (Phi) is 10.9. The van der Waals surface area contributed by atoms with Gasteiger partial charge in [-0.1, -0.05) is 42.5 Å². The number of carbonyl (C=O) groups is 4. The molecule has 1 saturated heterocycles. The Bertz CT molecular complexity index is 1110. The summed E-state index contributed by atoms with van der Waals surface area (Å²) in [6, 6.07) is 16.6. The number of nitrogens with zero attached hydrogens (tertiary/aromatic N) is 1. The van der Waals surface area contributed by atoms with E-state index in [1.807, 2.05) is 63.2 Å². The Morgan fingerprint density at radius 2 is 1.59 bits per heavy atom. The highest BCUT2D eigenvalue weighted by Crippen LogP contribution is 2.31. The molecule has 210 valence electrons. The minimum absolute atomic E-state index is 0.110. The Hall–Kier alpha value is -3.88. The van der Waals surface area contributed by atoms with E-state index in [2.05, 4.69) is 10.6 Å². The number of piperidine rings is 1. The van der Waals surface area contributed by atoms with Crippen LogP contribution in [-0.4, -0.2) is 54.0 Å². The molecule has 4 amide bonds. The van der Waals surface area contributed by atoms with Gasteiger partial charge in [0.25, 0.3) is 5.91 Å². The second-order valence-electron chi connectivity index (χ2n) is 10.6. The summed E-state index contributed by atoms with van der Waals surface area (Å²) in [4.78, 5) is 50.6. The highest BCUT2D eigenvalue weighted by molar-refractivity contribution is 6.01. The Labute approximate surface area is 230 Å². The van der Waals surface area contributed by atoms with Gasteiger partial charge >= 0.3 is 6.09 Å². The number of alkyl carbamates (subject to hydrolysis) is 1. The Morgan fingerprint density at radius 3 is 2.26 bits per heavy atom. The van der Waals surface area contributed by atoms with Crippen molar-refractivity contribution in [3.8, 4) is 5.75 Å². The van der Waals surface area contributed by atoms with Crippen LogP contribution in [0.3, 0.4) is 0 Å². The van der Waals surface area contributed by atoms with Gasteiger partial charge in [0.15, 0.2) is 6.61 Å². The minimum atomic E-state index is -0.515. The maximum Gasteiger partial charge on any atom is 0.407 e. The van der Waals surface area contributed by atoms with Crippen molar-refractivity contribution in [1.82, 2.24) is 15.5 Å². The molecule has 2 N–H and O–H groups in total. The standard InChI is InChI=1S/C30H39N3O6/c1-30(2,3)39-29(37)32-19-9-5-8-18-31-26(34)21-38-24-14-12-23(13-15-24)25-16-17-27(35)33(28(25)36)20-22-10-6-4-7-11-22/h4,6-7,10-15,25H,5,8-9,16-21H2,1-3H3,(H,31,34)(H,32,37). The van der Waals surface area contributed by atoms with Gasteiger partial charge in [0.2, 0.25) is 11.8 Å². The third kappa shape index (κ3) is 10.1. The Morgan fingerprint density at radius 1 is 0.923 bits per heavy atom. The second kappa shape index (κ2) is 14.3. The van der Waals surface area contributed by atoms with Crippen molar-refractivity contribution >= 4 is 23.8 Å². The first-order valence-electron chi connectivity index (χ1n) is 13.5. The van der Waals surface area contributed by atoms with Crippen molar-refractivity contribution in [2.75, 3.05) is 19.7 Å². The van der Waals surface area contributed by atoms with Crippen LogP contribution in [0.4, 0.5) is 4.79 Å². The molecule has 0 spiro atoms. The lowest BCUT2D eigenvalue weighted by Crippen LogP contribution is -2.43. The van der Waals surface area contributed by atoms with E-state index in [0.717, 1.165) is 30.4 Å². The molecule has 0 aliphatic carbocycles. The zero-order valence-electron chi connectivity index (χ0n) is 23.0. The molecule has 1 fully saturated rings. The largest absolute Gasteiger partial charge is 0.484 e. The van der Waals surface area contributed by atoms with Gasteiger partial charge in [0.05, 0.1) is 12.5 Å². The number of unbranched alkanes of at least 4 members (excludes halogenated alkanes) is 2. The summed E-state index contributed by atoms with van der Waals surface area (Å²) in [5.41, 5.74) is 1.22. The van der Waals surface area contributed by atoms with Crippen molar-refractivity contribution in [2.24, 2.45) is 0 Å². The van der Waals surface area contributed by atoms with Crippen molar-refractivity contribution < 1.29 is 28.7 Å². The van der Waals surface area contributed by atoms with Gasteiger partial charge in [0.1, 0.15) is 11.4 Å². The van der Waals surface area contributed by atoms with Gasteiger partial charge in [-0.25, -0.2) is 4.79 Å². The van der Waals surface area contributed by atoms with Gasteiger partial charge in [-0.15, -0.1) is 0 Å². The van der Waals surface area contributed by atoms with E-state index in [1.54, 1.807) is 12.1 Å². The lowest BCUT2D eigenvalue weighted by Gasteiger charge is -2.31. The van der Waals surface area contributed by atoms with E-state index < -0.39 is 11.7 Å². The van der Waals surface area contributed by atoms with Gasteiger partial charge in [-0.05, 0) is 69.7 Å². The summed E-state index contributed by atoms with van der Waals surface area (Å²) in [6.45, 7) is 6.66. The van der Waals surface area contributed by atoms with Crippen molar-refractivity contribution in [1.29, 1.82) is 0 Å². The summed E-state index contributed by atoms with van der Waals surface area (Å²) < 4.78 is 10.8. The van der Waals surface area contributed by atoms with E-state index in [4.69, 9.17) is 9.47 Å². The molecule has 0 saturated carbocycles. The molecule has 2 aromatic rings. The molecule has 0 radical (unpaired) electrons. The lowest BCUT2D eigenvalue weighted by molar-refractivity contribution is -0.150. The molecule has 9 nitrogen and oxygen atoms in total. The van der Waals surface area contributed by atoms with Crippen LogP contribution in [-0.2, 0) is 25.7 Å². The molecule has 9 heteroatoms. The fourth-order valence-corrected chi connectivity index (χ4v) is 4.23. The maximum atomic E-state index is 13.1. The van der Waals surface area contributed by atoms with Crippen molar-refractivity contribution in [3.63, 3.8) is 0 Å². The molecule has 3 rings (SSSR count). The fraction of sp³-hybridized carbons (Fsp3) is 0.467. The molecule has 2 aromatic carbocycles. The number of amides is 4. The van der Waals surface area contributed by atoms with E-state index in [-0.39, 0.29) is 36.8 Å².